The molecule has 1 N–H and O–H groups in total. The monoisotopic (exact) mass is 355 g/mol. The third-order valence-corrected chi connectivity index (χ3v) is 3.97. The number of esters is 1. The predicted octanol–water partition coefficient (Wildman–Crippen LogP) is 3.81. The van der Waals surface area contributed by atoms with Crippen LogP contribution in [0.4, 0.5) is 4.39 Å². The summed E-state index contributed by atoms with van der Waals surface area (Å²) >= 11 is 0. The zero-order valence-electron chi connectivity index (χ0n) is 14.4. The van der Waals surface area contributed by atoms with E-state index in [2.05, 4.69) is 4.98 Å². The van der Waals surface area contributed by atoms with Crippen molar-refractivity contribution in [2.24, 2.45) is 0 Å². The van der Waals surface area contributed by atoms with Crippen molar-refractivity contribution in [1.82, 2.24) is 4.98 Å². The first-order chi connectivity index (χ1) is 12.5. The molecule has 0 bridgehead atoms. The summed E-state index contributed by atoms with van der Waals surface area (Å²) in [5.41, 5.74) is 2.07. The van der Waals surface area contributed by atoms with Gasteiger partial charge in [0.1, 0.15) is 11.6 Å². The first kappa shape index (κ1) is 17.7. The molecule has 2 aromatic carbocycles. The molecule has 1 aromatic heterocycles. The van der Waals surface area contributed by atoms with Crippen LogP contribution in [-0.4, -0.2) is 29.4 Å². The molecule has 0 spiro atoms. The number of aryl methyl sites for hydroxylation is 1. The number of hydrogen-bond acceptors (Lipinski definition) is 4. The van der Waals surface area contributed by atoms with Gasteiger partial charge in [-0.2, -0.15) is 0 Å². The van der Waals surface area contributed by atoms with Crippen molar-refractivity contribution in [1.29, 1.82) is 0 Å². The Balaban J connectivity index is 1.65. The van der Waals surface area contributed by atoms with E-state index < -0.39 is 24.5 Å². The Morgan fingerprint density at radius 2 is 1.92 bits per heavy atom. The molecule has 0 aliphatic rings. The molecule has 1 atom stereocenters. The number of benzene rings is 2. The van der Waals surface area contributed by atoms with Gasteiger partial charge in [-0.25, -0.2) is 9.18 Å². The minimum Gasteiger partial charge on any atom is -0.482 e. The Morgan fingerprint density at radius 3 is 2.69 bits per heavy atom. The molecule has 0 aliphatic carbocycles. The van der Waals surface area contributed by atoms with Gasteiger partial charge in [0, 0.05) is 28.2 Å². The topological polar surface area (TPSA) is 68.4 Å². The van der Waals surface area contributed by atoms with Gasteiger partial charge in [-0.05, 0) is 32.0 Å². The largest absolute Gasteiger partial charge is 0.482 e. The number of para-hydroxylation sites is 1. The van der Waals surface area contributed by atoms with Gasteiger partial charge < -0.3 is 14.5 Å². The number of aromatic amines is 1. The molecular formula is C20H18FNO4. The molecule has 0 aliphatic heterocycles. The summed E-state index contributed by atoms with van der Waals surface area (Å²) in [7, 11) is 0. The van der Waals surface area contributed by atoms with Gasteiger partial charge in [0.15, 0.2) is 12.7 Å². The Kier molecular flexibility index (Phi) is 5.02. The number of halogens is 1. The molecule has 0 radical (unpaired) electrons. The van der Waals surface area contributed by atoms with E-state index in [-0.39, 0.29) is 11.5 Å². The zero-order chi connectivity index (χ0) is 18.7. The summed E-state index contributed by atoms with van der Waals surface area (Å²) in [5, 5.41) is 0.786. The van der Waals surface area contributed by atoms with Crippen LogP contribution in [0.25, 0.3) is 10.9 Å². The van der Waals surface area contributed by atoms with Crippen LogP contribution in [0.3, 0.4) is 0 Å². The van der Waals surface area contributed by atoms with Gasteiger partial charge in [0.25, 0.3) is 0 Å². The van der Waals surface area contributed by atoms with Gasteiger partial charge in [-0.3, -0.25) is 4.79 Å². The van der Waals surface area contributed by atoms with E-state index in [1.165, 1.54) is 25.1 Å². The van der Waals surface area contributed by atoms with Gasteiger partial charge in [0.05, 0.1) is 0 Å². The lowest BCUT2D eigenvalue weighted by atomic mass is 10.0. The molecule has 3 aromatic rings. The number of rotatable bonds is 6. The fraction of sp³-hybridized carbons (Fsp3) is 0.200. The maximum Gasteiger partial charge on any atom is 0.344 e. The second-order valence-electron chi connectivity index (χ2n) is 5.91. The molecule has 0 fully saturated rings. The van der Waals surface area contributed by atoms with Crippen LogP contribution in [-0.2, 0) is 9.53 Å². The van der Waals surface area contributed by atoms with Crippen LogP contribution < -0.4 is 4.74 Å². The van der Waals surface area contributed by atoms with Crippen LogP contribution in [0.5, 0.6) is 5.75 Å². The van der Waals surface area contributed by atoms with Gasteiger partial charge >= 0.3 is 5.97 Å². The quantitative estimate of drug-likeness (QED) is 0.539. The molecule has 3 rings (SSSR count). The van der Waals surface area contributed by atoms with Crippen molar-refractivity contribution in [3.05, 3.63) is 65.6 Å². The number of hydrogen-bond donors (Lipinski definition) is 1. The summed E-state index contributed by atoms with van der Waals surface area (Å²) in [6, 6.07) is 12.9. The van der Waals surface area contributed by atoms with E-state index in [0.29, 0.717) is 5.56 Å². The lowest BCUT2D eigenvalue weighted by molar-refractivity contribution is -0.148. The molecular weight excluding hydrogens is 337 g/mol. The molecule has 0 saturated carbocycles. The molecule has 0 saturated heterocycles. The third-order valence-electron chi connectivity index (χ3n) is 3.97. The molecule has 5 nitrogen and oxygen atoms in total. The maximum atomic E-state index is 13.1. The number of H-pyrrole nitrogens is 1. The lowest BCUT2D eigenvalue weighted by Crippen LogP contribution is -2.27. The lowest BCUT2D eigenvalue weighted by Gasteiger charge is -2.13. The Hall–Kier alpha value is -3.15. The van der Waals surface area contributed by atoms with Crippen LogP contribution in [0.15, 0.2) is 48.5 Å². The van der Waals surface area contributed by atoms with E-state index in [1.807, 2.05) is 24.3 Å². The van der Waals surface area contributed by atoms with E-state index in [0.717, 1.165) is 22.7 Å². The van der Waals surface area contributed by atoms with Crippen molar-refractivity contribution >= 4 is 22.7 Å². The number of carbonyl (C=O) groups excluding carboxylic acids is 2. The van der Waals surface area contributed by atoms with E-state index in [4.69, 9.17) is 9.47 Å². The summed E-state index contributed by atoms with van der Waals surface area (Å²) in [6.07, 6.45) is -0.962. The van der Waals surface area contributed by atoms with E-state index in [1.54, 1.807) is 6.92 Å². The Bertz CT molecular complexity index is 963. The van der Waals surface area contributed by atoms with Crippen molar-refractivity contribution in [3.63, 3.8) is 0 Å². The summed E-state index contributed by atoms with van der Waals surface area (Å²) in [6.45, 7) is 2.91. The fourth-order valence-electron chi connectivity index (χ4n) is 2.78. The average Bonchev–Trinajstić information content (AvgIpc) is 2.95. The maximum absolute atomic E-state index is 13.1. The number of Topliss-reactive ketones (excluding diaryl/α,β-unsaturated/α-hetero) is 1. The Morgan fingerprint density at radius 1 is 1.15 bits per heavy atom. The highest BCUT2D eigenvalue weighted by molar-refractivity contribution is 6.11. The molecule has 134 valence electrons. The zero-order valence-corrected chi connectivity index (χ0v) is 14.4. The second kappa shape index (κ2) is 7.39. The summed E-state index contributed by atoms with van der Waals surface area (Å²) in [4.78, 5) is 27.8. The highest BCUT2D eigenvalue weighted by Gasteiger charge is 2.24. The highest BCUT2D eigenvalue weighted by atomic mass is 19.1. The summed E-state index contributed by atoms with van der Waals surface area (Å²) < 4.78 is 23.4. The van der Waals surface area contributed by atoms with Crippen LogP contribution >= 0.6 is 0 Å². The number of aromatic nitrogens is 1. The number of carbonyl (C=O) groups is 2. The molecule has 0 unspecified atom stereocenters. The molecule has 1 heterocycles. The fourth-order valence-corrected chi connectivity index (χ4v) is 2.78. The normalized spacial score (nSPS) is 12.0. The van der Waals surface area contributed by atoms with Crippen molar-refractivity contribution in [2.75, 3.05) is 6.61 Å². The first-order valence-corrected chi connectivity index (χ1v) is 8.15. The smallest absolute Gasteiger partial charge is 0.344 e. The molecule has 0 amide bonds. The van der Waals surface area contributed by atoms with Crippen LogP contribution in [0, 0.1) is 12.7 Å². The predicted molar refractivity (Wildman–Crippen MR) is 94.8 cm³/mol. The van der Waals surface area contributed by atoms with Crippen molar-refractivity contribution in [2.45, 2.75) is 20.0 Å². The van der Waals surface area contributed by atoms with Crippen molar-refractivity contribution in [3.8, 4) is 5.75 Å². The molecule has 26 heavy (non-hydrogen) atoms. The molecule has 6 heteroatoms. The van der Waals surface area contributed by atoms with Gasteiger partial charge in [0.2, 0.25) is 5.78 Å². The minimum absolute atomic E-state index is 0.216. The summed E-state index contributed by atoms with van der Waals surface area (Å²) in [5.74, 6) is -1.24. The highest BCUT2D eigenvalue weighted by Crippen LogP contribution is 2.23. The van der Waals surface area contributed by atoms with Crippen molar-refractivity contribution < 1.29 is 23.5 Å². The second-order valence-corrected chi connectivity index (χ2v) is 5.91. The number of ether oxygens (including phenoxy) is 2. The van der Waals surface area contributed by atoms with Crippen LogP contribution in [0.2, 0.25) is 0 Å². The van der Waals surface area contributed by atoms with E-state index in [9.17, 15) is 14.0 Å². The van der Waals surface area contributed by atoms with Gasteiger partial charge in [-0.1, -0.05) is 24.3 Å². The average molecular weight is 355 g/mol. The van der Waals surface area contributed by atoms with Gasteiger partial charge in [-0.15, -0.1) is 0 Å². The third kappa shape index (κ3) is 3.74. The Labute approximate surface area is 149 Å². The first-order valence-electron chi connectivity index (χ1n) is 8.15. The standard InChI is InChI=1S/C20H18FNO4/c1-12-19(16-8-3-4-9-17(16)22-12)20(24)13(2)26-18(23)11-25-15-7-5-6-14(21)10-15/h3-10,13,22H,11H2,1-2H3/t13-/m1/s1. The number of ketones is 1. The SMILES string of the molecule is Cc1[nH]c2ccccc2c1C(=O)[C@@H](C)OC(=O)COc1cccc(F)c1. The van der Waals surface area contributed by atoms with Crippen LogP contribution in [0.1, 0.15) is 23.0 Å². The van der Waals surface area contributed by atoms with E-state index >= 15 is 0 Å². The minimum atomic E-state index is -0.962. The number of fused-ring (bicyclic) bond motifs is 1. The number of nitrogens with one attached hydrogen (secondary N) is 1.